The summed E-state index contributed by atoms with van der Waals surface area (Å²) in [6, 6.07) is 5.88. The van der Waals surface area contributed by atoms with Crippen LogP contribution in [0, 0.1) is 5.92 Å². The number of nitrogens with one attached hydrogen (secondary N) is 1. The maximum Gasteiger partial charge on any atom is 0.227 e. The van der Waals surface area contributed by atoms with E-state index in [-0.39, 0.29) is 11.8 Å². The van der Waals surface area contributed by atoms with E-state index in [2.05, 4.69) is 10.2 Å². The summed E-state index contributed by atoms with van der Waals surface area (Å²) in [5.41, 5.74) is 1.93. The molecule has 3 rings (SSSR count). The van der Waals surface area contributed by atoms with E-state index < -0.39 is 0 Å². The summed E-state index contributed by atoms with van der Waals surface area (Å²) in [7, 11) is 2.05. The number of likely N-dealkylation sites (N-methyl/N-ethyl adjacent to an activating group) is 1. The van der Waals surface area contributed by atoms with Crippen molar-refractivity contribution in [3.8, 4) is 5.75 Å². The van der Waals surface area contributed by atoms with Crippen molar-refractivity contribution in [2.45, 2.75) is 32.1 Å². The van der Waals surface area contributed by atoms with Gasteiger partial charge in [0, 0.05) is 18.7 Å². The highest BCUT2D eigenvalue weighted by molar-refractivity contribution is 5.93. The summed E-state index contributed by atoms with van der Waals surface area (Å²) in [4.78, 5) is 14.4. The molecular formula is C16H22N2O2. The molecule has 1 aromatic carbocycles. The van der Waals surface area contributed by atoms with Crippen LogP contribution in [-0.2, 0) is 4.79 Å². The quantitative estimate of drug-likeness (QED) is 0.901. The number of carbonyl (C=O) groups excluding carboxylic acids is 1. The van der Waals surface area contributed by atoms with Gasteiger partial charge in [0.05, 0.1) is 12.2 Å². The van der Waals surface area contributed by atoms with Gasteiger partial charge in [0.15, 0.2) is 0 Å². The number of benzene rings is 1. The van der Waals surface area contributed by atoms with E-state index >= 15 is 0 Å². The summed E-state index contributed by atoms with van der Waals surface area (Å²) >= 11 is 0. The average Bonchev–Trinajstić information content (AvgIpc) is 2.49. The highest BCUT2D eigenvalue weighted by Gasteiger charge is 2.22. The number of amides is 1. The number of nitrogens with zero attached hydrogens (tertiary/aromatic N) is 1. The second-order valence-corrected chi connectivity index (χ2v) is 5.78. The lowest BCUT2D eigenvalue weighted by molar-refractivity contribution is -0.120. The predicted molar refractivity (Wildman–Crippen MR) is 80.4 cm³/mol. The van der Waals surface area contributed by atoms with Gasteiger partial charge in [-0.15, -0.1) is 0 Å². The summed E-state index contributed by atoms with van der Waals surface area (Å²) in [5, 5.41) is 3.06. The molecule has 0 radical (unpaired) electrons. The predicted octanol–water partition coefficient (Wildman–Crippen LogP) is 3.03. The van der Waals surface area contributed by atoms with Gasteiger partial charge in [0.1, 0.15) is 12.4 Å². The van der Waals surface area contributed by atoms with Gasteiger partial charge >= 0.3 is 0 Å². The van der Waals surface area contributed by atoms with Crippen LogP contribution in [0.4, 0.5) is 11.4 Å². The van der Waals surface area contributed by atoms with Crippen molar-refractivity contribution in [3.63, 3.8) is 0 Å². The van der Waals surface area contributed by atoms with Crippen molar-refractivity contribution in [1.29, 1.82) is 0 Å². The van der Waals surface area contributed by atoms with E-state index in [1.165, 1.54) is 19.3 Å². The number of anilines is 2. The van der Waals surface area contributed by atoms with Crippen LogP contribution in [0.1, 0.15) is 32.1 Å². The Hall–Kier alpha value is -1.71. The first kappa shape index (κ1) is 13.3. The third-order valence-corrected chi connectivity index (χ3v) is 4.30. The van der Waals surface area contributed by atoms with Gasteiger partial charge in [-0.3, -0.25) is 4.79 Å². The SMILES string of the molecule is CN1CCOc2ccc(NC(=O)C3CCCCC3)cc21. The molecule has 4 nitrogen and oxygen atoms in total. The molecule has 1 fully saturated rings. The minimum absolute atomic E-state index is 0.170. The third-order valence-electron chi connectivity index (χ3n) is 4.30. The van der Waals surface area contributed by atoms with Crippen LogP contribution in [0.3, 0.4) is 0 Å². The van der Waals surface area contributed by atoms with E-state index in [1.807, 2.05) is 25.2 Å². The van der Waals surface area contributed by atoms with Gasteiger partial charge in [-0.25, -0.2) is 0 Å². The van der Waals surface area contributed by atoms with Gasteiger partial charge in [-0.1, -0.05) is 19.3 Å². The van der Waals surface area contributed by atoms with Crippen molar-refractivity contribution < 1.29 is 9.53 Å². The summed E-state index contributed by atoms with van der Waals surface area (Å²) in [5.74, 6) is 1.26. The molecule has 2 aliphatic rings. The third kappa shape index (κ3) is 2.74. The zero-order valence-corrected chi connectivity index (χ0v) is 12.0. The first-order chi connectivity index (χ1) is 9.74. The van der Waals surface area contributed by atoms with Crippen molar-refractivity contribution >= 4 is 17.3 Å². The summed E-state index contributed by atoms with van der Waals surface area (Å²) in [6.45, 7) is 1.60. The first-order valence-corrected chi connectivity index (χ1v) is 7.53. The van der Waals surface area contributed by atoms with E-state index in [0.29, 0.717) is 0 Å². The van der Waals surface area contributed by atoms with Gasteiger partial charge in [0.25, 0.3) is 0 Å². The Morgan fingerprint density at radius 2 is 2.10 bits per heavy atom. The topological polar surface area (TPSA) is 41.6 Å². The van der Waals surface area contributed by atoms with E-state index in [1.54, 1.807) is 0 Å². The number of ether oxygens (including phenoxy) is 1. The zero-order valence-electron chi connectivity index (χ0n) is 12.0. The molecule has 1 aliphatic carbocycles. The average molecular weight is 274 g/mol. The smallest absolute Gasteiger partial charge is 0.227 e. The number of carbonyl (C=O) groups is 1. The maximum atomic E-state index is 12.3. The molecular weight excluding hydrogens is 252 g/mol. The lowest BCUT2D eigenvalue weighted by Crippen LogP contribution is -2.29. The standard InChI is InChI=1S/C16H22N2O2/c1-18-9-10-20-15-8-7-13(11-14(15)18)17-16(19)12-5-3-2-4-6-12/h7-8,11-12H,2-6,9-10H2,1H3,(H,17,19). The molecule has 1 N–H and O–H groups in total. The Morgan fingerprint density at radius 3 is 2.90 bits per heavy atom. The molecule has 1 heterocycles. The molecule has 1 saturated carbocycles. The molecule has 4 heteroatoms. The van der Waals surface area contributed by atoms with Gasteiger partial charge in [-0.2, -0.15) is 0 Å². The number of hydrogen-bond donors (Lipinski definition) is 1. The van der Waals surface area contributed by atoms with Crippen molar-refractivity contribution in [3.05, 3.63) is 18.2 Å². The Morgan fingerprint density at radius 1 is 1.30 bits per heavy atom. The normalized spacial score (nSPS) is 19.1. The summed E-state index contributed by atoms with van der Waals surface area (Å²) < 4.78 is 5.62. The minimum atomic E-state index is 0.170. The fourth-order valence-electron chi connectivity index (χ4n) is 3.04. The highest BCUT2D eigenvalue weighted by Crippen LogP contribution is 2.33. The molecule has 0 bridgehead atoms. The van der Waals surface area contributed by atoms with Crippen molar-refractivity contribution in [2.75, 3.05) is 30.4 Å². The molecule has 1 aliphatic heterocycles. The molecule has 108 valence electrons. The molecule has 0 aromatic heterocycles. The Balaban J connectivity index is 1.71. The lowest BCUT2D eigenvalue weighted by Gasteiger charge is -2.28. The van der Waals surface area contributed by atoms with Gasteiger partial charge in [0.2, 0.25) is 5.91 Å². The van der Waals surface area contributed by atoms with Gasteiger partial charge in [-0.05, 0) is 31.0 Å². The summed E-state index contributed by atoms with van der Waals surface area (Å²) in [6.07, 6.45) is 5.68. The van der Waals surface area contributed by atoms with Crippen LogP contribution in [0.15, 0.2) is 18.2 Å². The van der Waals surface area contributed by atoms with Crippen molar-refractivity contribution in [2.24, 2.45) is 5.92 Å². The molecule has 1 aromatic rings. The molecule has 0 atom stereocenters. The zero-order chi connectivity index (χ0) is 13.9. The number of hydrogen-bond acceptors (Lipinski definition) is 3. The molecule has 0 unspecified atom stereocenters. The minimum Gasteiger partial charge on any atom is -0.490 e. The van der Waals surface area contributed by atoms with Crippen LogP contribution < -0.4 is 15.0 Å². The monoisotopic (exact) mass is 274 g/mol. The van der Waals surface area contributed by atoms with E-state index in [4.69, 9.17) is 4.74 Å². The molecule has 20 heavy (non-hydrogen) atoms. The van der Waals surface area contributed by atoms with Crippen LogP contribution in [0.2, 0.25) is 0 Å². The number of rotatable bonds is 2. The number of fused-ring (bicyclic) bond motifs is 1. The van der Waals surface area contributed by atoms with Crippen LogP contribution in [-0.4, -0.2) is 26.1 Å². The van der Waals surface area contributed by atoms with Gasteiger partial charge < -0.3 is 15.0 Å². The fraction of sp³-hybridized carbons (Fsp3) is 0.562. The second-order valence-electron chi connectivity index (χ2n) is 5.78. The fourth-order valence-corrected chi connectivity index (χ4v) is 3.04. The lowest BCUT2D eigenvalue weighted by atomic mass is 9.88. The highest BCUT2D eigenvalue weighted by atomic mass is 16.5. The Labute approximate surface area is 120 Å². The molecule has 0 spiro atoms. The van der Waals surface area contributed by atoms with Crippen LogP contribution in [0.25, 0.3) is 0 Å². The maximum absolute atomic E-state index is 12.3. The van der Waals surface area contributed by atoms with E-state index in [9.17, 15) is 4.79 Å². The van der Waals surface area contributed by atoms with Crippen molar-refractivity contribution in [1.82, 2.24) is 0 Å². The largest absolute Gasteiger partial charge is 0.490 e. The Kier molecular flexibility index (Phi) is 3.81. The first-order valence-electron chi connectivity index (χ1n) is 7.53. The van der Waals surface area contributed by atoms with Crippen LogP contribution >= 0.6 is 0 Å². The van der Waals surface area contributed by atoms with Crippen LogP contribution in [0.5, 0.6) is 5.75 Å². The Bertz CT molecular complexity index is 495. The second kappa shape index (κ2) is 5.73. The van der Waals surface area contributed by atoms with E-state index in [0.717, 1.165) is 43.1 Å². The molecule has 0 saturated heterocycles. The molecule has 1 amide bonds.